The number of hydrogen-bond donors (Lipinski definition) is 1. The lowest BCUT2D eigenvalue weighted by Crippen LogP contribution is -2.03. The van der Waals surface area contributed by atoms with Crippen molar-refractivity contribution < 1.29 is 19.1 Å². The van der Waals surface area contributed by atoms with Gasteiger partial charge in [0.25, 0.3) is 0 Å². The predicted molar refractivity (Wildman–Crippen MR) is 61.5 cm³/mol. The number of hydrogen-bond acceptors (Lipinski definition) is 3. The van der Waals surface area contributed by atoms with E-state index in [0.717, 1.165) is 0 Å². The third-order valence-electron chi connectivity index (χ3n) is 2.14. The van der Waals surface area contributed by atoms with Gasteiger partial charge in [-0.3, -0.25) is 0 Å². The van der Waals surface area contributed by atoms with Gasteiger partial charge in [0.15, 0.2) is 0 Å². The van der Waals surface area contributed by atoms with Crippen LogP contribution >= 0.6 is 11.6 Å². The Morgan fingerprint density at radius 3 is 2.82 bits per heavy atom. The Hall–Kier alpha value is -1.94. The molecule has 0 bridgehead atoms. The molecule has 5 heteroatoms. The SMILES string of the molecule is O=C(O)c1c(Cl)cccc1OCc1ccco1. The van der Waals surface area contributed by atoms with Gasteiger partial charge in [0.1, 0.15) is 23.7 Å². The molecule has 1 heterocycles. The van der Waals surface area contributed by atoms with E-state index in [2.05, 4.69) is 0 Å². The number of benzene rings is 1. The first-order chi connectivity index (χ1) is 8.18. The Balaban J connectivity index is 2.21. The summed E-state index contributed by atoms with van der Waals surface area (Å²) in [6, 6.07) is 8.16. The van der Waals surface area contributed by atoms with Gasteiger partial charge in [-0.25, -0.2) is 4.79 Å². The minimum Gasteiger partial charge on any atom is -0.485 e. The second-order valence-electron chi connectivity index (χ2n) is 3.29. The van der Waals surface area contributed by atoms with Crippen molar-refractivity contribution in [3.8, 4) is 5.75 Å². The predicted octanol–water partition coefficient (Wildman–Crippen LogP) is 3.21. The van der Waals surface area contributed by atoms with Gasteiger partial charge in [-0.1, -0.05) is 17.7 Å². The number of halogens is 1. The lowest BCUT2D eigenvalue weighted by Gasteiger charge is -2.08. The van der Waals surface area contributed by atoms with E-state index in [1.807, 2.05) is 0 Å². The van der Waals surface area contributed by atoms with Crippen LogP contribution in [0.25, 0.3) is 0 Å². The molecule has 0 radical (unpaired) electrons. The Morgan fingerprint density at radius 2 is 2.18 bits per heavy atom. The van der Waals surface area contributed by atoms with E-state index in [-0.39, 0.29) is 22.9 Å². The quantitative estimate of drug-likeness (QED) is 0.908. The molecular formula is C12H9ClO4. The van der Waals surface area contributed by atoms with E-state index < -0.39 is 5.97 Å². The molecule has 0 fully saturated rings. The standard InChI is InChI=1S/C12H9ClO4/c13-9-4-1-5-10(11(9)12(14)15)17-7-8-3-2-6-16-8/h1-6H,7H2,(H,14,15). The second-order valence-corrected chi connectivity index (χ2v) is 3.69. The summed E-state index contributed by atoms with van der Waals surface area (Å²) in [5.74, 6) is -0.284. The highest BCUT2D eigenvalue weighted by Crippen LogP contribution is 2.27. The fourth-order valence-electron chi connectivity index (χ4n) is 1.38. The van der Waals surface area contributed by atoms with Gasteiger partial charge in [0.05, 0.1) is 11.3 Å². The number of carboxylic acids is 1. The minimum atomic E-state index is -1.12. The lowest BCUT2D eigenvalue weighted by molar-refractivity contribution is 0.0691. The summed E-state index contributed by atoms with van der Waals surface area (Å²) >= 11 is 5.80. The number of rotatable bonds is 4. The van der Waals surface area contributed by atoms with E-state index in [4.69, 9.17) is 25.9 Å². The van der Waals surface area contributed by atoms with Crippen molar-refractivity contribution in [2.75, 3.05) is 0 Å². The average molecular weight is 253 g/mol. The molecule has 1 aromatic heterocycles. The van der Waals surface area contributed by atoms with Crippen LogP contribution in [0.1, 0.15) is 16.1 Å². The Morgan fingerprint density at radius 1 is 1.35 bits per heavy atom. The van der Waals surface area contributed by atoms with E-state index in [0.29, 0.717) is 5.76 Å². The van der Waals surface area contributed by atoms with E-state index in [1.165, 1.54) is 12.3 Å². The summed E-state index contributed by atoms with van der Waals surface area (Å²) in [4.78, 5) is 11.0. The fourth-order valence-corrected chi connectivity index (χ4v) is 1.62. The molecule has 0 spiro atoms. The first-order valence-electron chi connectivity index (χ1n) is 4.85. The molecular weight excluding hydrogens is 244 g/mol. The molecule has 1 aromatic carbocycles. The zero-order valence-electron chi connectivity index (χ0n) is 8.72. The van der Waals surface area contributed by atoms with Crippen molar-refractivity contribution in [3.63, 3.8) is 0 Å². The van der Waals surface area contributed by atoms with Crippen LogP contribution in [-0.4, -0.2) is 11.1 Å². The number of carbonyl (C=O) groups is 1. The highest BCUT2D eigenvalue weighted by atomic mass is 35.5. The van der Waals surface area contributed by atoms with Gasteiger partial charge in [-0.05, 0) is 24.3 Å². The zero-order chi connectivity index (χ0) is 12.3. The molecule has 0 saturated carbocycles. The van der Waals surface area contributed by atoms with Crippen molar-refractivity contribution in [3.05, 3.63) is 52.9 Å². The minimum absolute atomic E-state index is 0.0410. The molecule has 88 valence electrons. The van der Waals surface area contributed by atoms with Crippen molar-refractivity contribution in [1.82, 2.24) is 0 Å². The zero-order valence-corrected chi connectivity index (χ0v) is 9.48. The van der Waals surface area contributed by atoms with Crippen LogP contribution in [0.15, 0.2) is 41.0 Å². The molecule has 0 unspecified atom stereocenters. The molecule has 2 aromatic rings. The largest absolute Gasteiger partial charge is 0.485 e. The Kier molecular flexibility index (Phi) is 3.35. The number of ether oxygens (including phenoxy) is 1. The average Bonchev–Trinajstić information content (AvgIpc) is 2.78. The van der Waals surface area contributed by atoms with Crippen LogP contribution < -0.4 is 4.74 Å². The normalized spacial score (nSPS) is 10.2. The maximum atomic E-state index is 11.0. The molecule has 0 aliphatic rings. The molecule has 17 heavy (non-hydrogen) atoms. The van der Waals surface area contributed by atoms with E-state index >= 15 is 0 Å². The molecule has 4 nitrogen and oxygen atoms in total. The van der Waals surface area contributed by atoms with Crippen LogP contribution in [0, 0.1) is 0 Å². The fraction of sp³-hybridized carbons (Fsp3) is 0.0833. The van der Waals surface area contributed by atoms with Crippen molar-refractivity contribution in [1.29, 1.82) is 0 Å². The summed E-state index contributed by atoms with van der Waals surface area (Å²) in [6.45, 7) is 0.160. The van der Waals surface area contributed by atoms with Gasteiger partial charge in [0.2, 0.25) is 0 Å². The van der Waals surface area contributed by atoms with Crippen LogP contribution in [-0.2, 0) is 6.61 Å². The Labute approximate surface area is 102 Å². The molecule has 1 N–H and O–H groups in total. The summed E-state index contributed by atoms with van der Waals surface area (Å²) in [7, 11) is 0. The summed E-state index contributed by atoms with van der Waals surface area (Å²) in [5, 5.41) is 9.16. The van der Waals surface area contributed by atoms with Crippen LogP contribution in [0.3, 0.4) is 0 Å². The summed E-state index contributed by atoms with van der Waals surface area (Å²) < 4.78 is 10.4. The number of carboxylic acid groups (broad SMARTS) is 1. The lowest BCUT2D eigenvalue weighted by atomic mass is 10.2. The van der Waals surface area contributed by atoms with Gasteiger partial charge in [0, 0.05) is 0 Å². The third-order valence-corrected chi connectivity index (χ3v) is 2.45. The van der Waals surface area contributed by atoms with E-state index in [9.17, 15) is 4.79 Å². The monoisotopic (exact) mass is 252 g/mol. The molecule has 0 atom stereocenters. The topological polar surface area (TPSA) is 59.7 Å². The molecule has 0 aliphatic carbocycles. The van der Waals surface area contributed by atoms with Gasteiger partial charge in [-0.15, -0.1) is 0 Å². The maximum Gasteiger partial charge on any atom is 0.341 e. The first-order valence-corrected chi connectivity index (χ1v) is 5.23. The van der Waals surface area contributed by atoms with Crippen molar-refractivity contribution >= 4 is 17.6 Å². The molecule has 2 rings (SSSR count). The Bertz CT molecular complexity index is 519. The van der Waals surface area contributed by atoms with Crippen molar-refractivity contribution in [2.24, 2.45) is 0 Å². The van der Waals surface area contributed by atoms with Gasteiger partial charge >= 0.3 is 5.97 Å². The number of aromatic carboxylic acids is 1. The van der Waals surface area contributed by atoms with E-state index in [1.54, 1.807) is 24.3 Å². The smallest absolute Gasteiger partial charge is 0.341 e. The van der Waals surface area contributed by atoms with Gasteiger partial charge in [-0.2, -0.15) is 0 Å². The molecule has 0 saturated heterocycles. The highest BCUT2D eigenvalue weighted by Gasteiger charge is 2.15. The highest BCUT2D eigenvalue weighted by molar-refractivity contribution is 6.33. The van der Waals surface area contributed by atoms with Crippen molar-refractivity contribution in [2.45, 2.75) is 6.61 Å². The maximum absolute atomic E-state index is 11.0. The summed E-state index contributed by atoms with van der Waals surface area (Å²) in [5.41, 5.74) is -0.0410. The number of furan rings is 1. The second kappa shape index (κ2) is 4.93. The van der Waals surface area contributed by atoms with Crippen LogP contribution in [0.4, 0.5) is 0 Å². The van der Waals surface area contributed by atoms with Crippen LogP contribution in [0.5, 0.6) is 5.75 Å². The van der Waals surface area contributed by atoms with Crippen LogP contribution in [0.2, 0.25) is 5.02 Å². The third kappa shape index (κ3) is 2.60. The first kappa shape index (κ1) is 11.5. The molecule has 0 amide bonds. The van der Waals surface area contributed by atoms with Gasteiger partial charge < -0.3 is 14.3 Å². The summed E-state index contributed by atoms with van der Waals surface area (Å²) in [6.07, 6.45) is 1.52. The molecule has 0 aliphatic heterocycles.